The molecule has 1 aromatic heterocycles. The molecule has 9 heteroatoms. The van der Waals surface area contributed by atoms with Gasteiger partial charge in [0.25, 0.3) is 11.6 Å². The molecule has 2 aromatic rings. The third-order valence-electron chi connectivity index (χ3n) is 3.92. The second kappa shape index (κ2) is 8.09. The Morgan fingerprint density at radius 3 is 2.44 bits per heavy atom. The maximum absolute atomic E-state index is 12.7. The number of carbonyl (C=O) groups is 3. The third kappa shape index (κ3) is 4.03. The van der Waals surface area contributed by atoms with E-state index in [1.54, 1.807) is 13.8 Å². The minimum absolute atomic E-state index is 0.106. The Hall–Kier alpha value is -3.07. The van der Waals surface area contributed by atoms with E-state index in [1.807, 2.05) is 0 Å². The molecular formula is C18H18N2O6S. The SMILES string of the molecule is CCOC(=O)c1c(NC(=O)c2cccc([N+](=O)[O-])c2C)sc(C(C)=O)c1C. The average molecular weight is 390 g/mol. The van der Waals surface area contributed by atoms with Crippen LogP contribution in [-0.4, -0.2) is 29.2 Å². The lowest BCUT2D eigenvalue weighted by Gasteiger charge is -2.09. The van der Waals surface area contributed by atoms with E-state index < -0.39 is 16.8 Å². The summed E-state index contributed by atoms with van der Waals surface area (Å²) in [5.74, 6) is -1.50. The van der Waals surface area contributed by atoms with E-state index in [-0.39, 0.29) is 39.8 Å². The molecule has 0 bridgehead atoms. The second-order valence-corrected chi connectivity index (χ2v) is 6.72. The van der Waals surface area contributed by atoms with Crippen molar-refractivity contribution >= 4 is 39.7 Å². The van der Waals surface area contributed by atoms with Gasteiger partial charge in [0.2, 0.25) is 0 Å². The third-order valence-corrected chi connectivity index (χ3v) is 5.23. The van der Waals surface area contributed by atoms with Gasteiger partial charge in [0.05, 0.1) is 22.0 Å². The Labute approximate surface area is 159 Å². The fourth-order valence-electron chi connectivity index (χ4n) is 2.62. The van der Waals surface area contributed by atoms with Gasteiger partial charge in [-0.3, -0.25) is 19.7 Å². The van der Waals surface area contributed by atoms with Crippen molar-refractivity contribution in [2.45, 2.75) is 27.7 Å². The fourth-order valence-corrected chi connectivity index (χ4v) is 3.71. The zero-order valence-corrected chi connectivity index (χ0v) is 16.1. The first-order valence-electron chi connectivity index (χ1n) is 8.05. The van der Waals surface area contributed by atoms with Crippen LogP contribution in [0.5, 0.6) is 0 Å². The van der Waals surface area contributed by atoms with E-state index in [2.05, 4.69) is 5.32 Å². The summed E-state index contributed by atoms with van der Waals surface area (Å²) >= 11 is 0.972. The van der Waals surface area contributed by atoms with Crippen LogP contribution in [0.4, 0.5) is 10.7 Å². The largest absolute Gasteiger partial charge is 0.462 e. The van der Waals surface area contributed by atoms with Gasteiger partial charge in [0.15, 0.2) is 5.78 Å². The first-order valence-corrected chi connectivity index (χ1v) is 8.87. The van der Waals surface area contributed by atoms with Crippen LogP contribution in [0.1, 0.15) is 55.4 Å². The van der Waals surface area contributed by atoms with Crippen LogP contribution in [0, 0.1) is 24.0 Å². The van der Waals surface area contributed by atoms with E-state index in [0.29, 0.717) is 10.4 Å². The molecule has 0 unspecified atom stereocenters. The van der Waals surface area contributed by atoms with E-state index in [9.17, 15) is 24.5 Å². The Bertz CT molecular complexity index is 948. The first kappa shape index (κ1) is 20.2. The lowest BCUT2D eigenvalue weighted by atomic mass is 10.1. The Morgan fingerprint density at radius 1 is 1.22 bits per heavy atom. The van der Waals surface area contributed by atoms with Crippen LogP contribution in [0.15, 0.2) is 18.2 Å². The predicted octanol–water partition coefficient (Wildman–Crippen LogP) is 3.90. The molecule has 0 saturated carbocycles. The summed E-state index contributed by atoms with van der Waals surface area (Å²) in [6.07, 6.45) is 0. The maximum atomic E-state index is 12.7. The highest BCUT2D eigenvalue weighted by molar-refractivity contribution is 7.18. The normalized spacial score (nSPS) is 10.4. The number of benzene rings is 1. The van der Waals surface area contributed by atoms with Crippen LogP contribution in [-0.2, 0) is 4.74 Å². The molecule has 8 nitrogen and oxygen atoms in total. The van der Waals surface area contributed by atoms with Crippen LogP contribution in [0.2, 0.25) is 0 Å². The number of esters is 1. The van der Waals surface area contributed by atoms with Gasteiger partial charge in [-0.05, 0) is 39.3 Å². The minimum atomic E-state index is -0.648. The standard InChI is InChI=1S/C18H18N2O6S/c1-5-26-18(23)14-10(3)15(11(4)21)27-17(14)19-16(22)12-7-6-8-13(9(12)2)20(24)25/h6-8H,5H2,1-4H3,(H,19,22). The zero-order chi connectivity index (χ0) is 20.3. The van der Waals surface area contributed by atoms with Gasteiger partial charge in [0.1, 0.15) is 5.00 Å². The van der Waals surface area contributed by atoms with Gasteiger partial charge >= 0.3 is 5.97 Å². The van der Waals surface area contributed by atoms with Gasteiger partial charge in [-0.15, -0.1) is 11.3 Å². The molecule has 1 N–H and O–H groups in total. The molecule has 0 saturated heterocycles. The molecule has 0 atom stereocenters. The van der Waals surface area contributed by atoms with Gasteiger partial charge in [-0.25, -0.2) is 4.79 Å². The van der Waals surface area contributed by atoms with Gasteiger partial charge in [-0.1, -0.05) is 6.07 Å². The van der Waals surface area contributed by atoms with Crippen molar-refractivity contribution in [3.05, 3.63) is 55.4 Å². The number of rotatable bonds is 6. The van der Waals surface area contributed by atoms with Crippen molar-refractivity contribution in [3.8, 4) is 0 Å². The van der Waals surface area contributed by atoms with Gasteiger partial charge in [-0.2, -0.15) is 0 Å². The summed E-state index contributed by atoms with van der Waals surface area (Å²) < 4.78 is 5.02. The summed E-state index contributed by atoms with van der Waals surface area (Å²) in [6, 6.07) is 4.17. The molecule has 0 radical (unpaired) electrons. The van der Waals surface area contributed by atoms with Crippen molar-refractivity contribution in [2.75, 3.05) is 11.9 Å². The number of nitrogens with zero attached hydrogens (tertiary/aromatic N) is 1. The number of nitro benzene ring substituents is 1. The smallest absolute Gasteiger partial charge is 0.341 e. The highest BCUT2D eigenvalue weighted by atomic mass is 32.1. The number of ether oxygens (including phenoxy) is 1. The molecule has 1 amide bonds. The van der Waals surface area contributed by atoms with E-state index in [4.69, 9.17) is 4.74 Å². The van der Waals surface area contributed by atoms with Crippen molar-refractivity contribution in [2.24, 2.45) is 0 Å². The summed E-state index contributed by atoms with van der Waals surface area (Å²) in [6.45, 7) is 6.23. The molecule has 0 aliphatic heterocycles. The highest BCUT2D eigenvalue weighted by Crippen LogP contribution is 2.34. The van der Waals surface area contributed by atoms with E-state index in [1.165, 1.54) is 32.0 Å². The van der Waals surface area contributed by atoms with Crippen molar-refractivity contribution in [1.29, 1.82) is 0 Å². The van der Waals surface area contributed by atoms with E-state index >= 15 is 0 Å². The number of Topliss-reactive ketones (excluding diaryl/α,β-unsaturated/α-hetero) is 1. The van der Waals surface area contributed by atoms with Crippen molar-refractivity contribution in [1.82, 2.24) is 0 Å². The fraction of sp³-hybridized carbons (Fsp3) is 0.278. The zero-order valence-electron chi connectivity index (χ0n) is 15.2. The second-order valence-electron chi connectivity index (χ2n) is 5.70. The number of thiophene rings is 1. The topological polar surface area (TPSA) is 116 Å². The molecule has 2 rings (SSSR count). The number of carbonyl (C=O) groups excluding carboxylic acids is 3. The van der Waals surface area contributed by atoms with Crippen LogP contribution in [0.3, 0.4) is 0 Å². The molecule has 0 aliphatic rings. The Morgan fingerprint density at radius 2 is 1.89 bits per heavy atom. The summed E-state index contributed by atoms with van der Waals surface area (Å²) in [7, 11) is 0. The Balaban J connectivity index is 2.48. The number of amides is 1. The summed E-state index contributed by atoms with van der Waals surface area (Å²) in [5.41, 5.74) is 0.674. The molecule has 142 valence electrons. The number of nitrogens with one attached hydrogen (secondary N) is 1. The predicted molar refractivity (Wildman–Crippen MR) is 101 cm³/mol. The molecule has 1 aromatic carbocycles. The van der Waals surface area contributed by atoms with Crippen LogP contribution in [0.25, 0.3) is 0 Å². The minimum Gasteiger partial charge on any atom is -0.462 e. The summed E-state index contributed by atoms with van der Waals surface area (Å²) in [5, 5.41) is 13.8. The van der Waals surface area contributed by atoms with Crippen LogP contribution >= 0.6 is 11.3 Å². The lowest BCUT2D eigenvalue weighted by molar-refractivity contribution is -0.385. The Kier molecular flexibility index (Phi) is 6.06. The first-order chi connectivity index (χ1) is 12.7. The number of nitro groups is 1. The average Bonchev–Trinajstić information content (AvgIpc) is 2.91. The van der Waals surface area contributed by atoms with Crippen molar-refractivity contribution < 1.29 is 24.0 Å². The highest BCUT2D eigenvalue weighted by Gasteiger charge is 2.26. The van der Waals surface area contributed by atoms with Crippen molar-refractivity contribution in [3.63, 3.8) is 0 Å². The van der Waals surface area contributed by atoms with E-state index in [0.717, 1.165) is 11.3 Å². The molecule has 0 spiro atoms. The maximum Gasteiger partial charge on any atom is 0.341 e. The molecule has 0 aliphatic carbocycles. The number of ketones is 1. The molecule has 27 heavy (non-hydrogen) atoms. The number of hydrogen-bond acceptors (Lipinski definition) is 7. The monoisotopic (exact) mass is 390 g/mol. The lowest BCUT2D eigenvalue weighted by Crippen LogP contribution is -2.16. The van der Waals surface area contributed by atoms with Gasteiger partial charge in [0, 0.05) is 17.2 Å². The number of hydrogen-bond donors (Lipinski definition) is 1. The molecule has 0 fully saturated rings. The number of anilines is 1. The molecular weight excluding hydrogens is 372 g/mol. The van der Waals surface area contributed by atoms with Crippen LogP contribution < -0.4 is 5.32 Å². The summed E-state index contributed by atoms with van der Waals surface area (Å²) in [4.78, 5) is 47.6. The molecule has 1 heterocycles. The quantitative estimate of drug-likeness (QED) is 0.346. The van der Waals surface area contributed by atoms with Gasteiger partial charge < -0.3 is 10.1 Å².